The second-order valence-corrected chi connectivity index (χ2v) is 3.52. The van der Waals surface area contributed by atoms with E-state index in [1.807, 2.05) is 24.6 Å². The van der Waals surface area contributed by atoms with Gasteiger partial charge in [0.1, 0.15) is 17.1 Å². The molecule has 0 aliphatic heterocycles. The van der Waals surface area contributed by atoms with Crippen molar-refractivity contribution in [2.45, 2.75) is 19.8 Å². The van der Waals surface area contributed by atoms with Crippen LogP contribution in [0.15, 0.2) is 18.5 Å². The molecule has 0 aliphatic rings. The minimum absolute atomic E-state index is 0.210. The van der Waals surface area contributed by atoms with Gasteiger partial charge in [0.05, 0.1) is 18.1 Å². The van der Waals surface area contributed by atoms with E-state index in [-0.39, 0.29) is 5.78 Å². The number of hydrogen-bond acceptors (Lipinski definition) is 3. The van der Waals surface area contributed by atoms with Crippen LogP contribution >= 0.6 is 0 Å². The van der Waals surface area contributed by atoms with Gasteiger partial charge in [0.2, 0.25) is 0 Å². The van der Waals surface area contributed by atoms with Crippen LogP contribution in [0.4, 0.5) is 0 Å². The van der Waals surface area contributed by atoms with Gasteiger partial charge in [0, 0.05) is 19.7 Å². The Kier molecular flexibility index (Phi) is 2.49. The summed E-state index contributed by atoms with van der Waals surface area (Å²) in [6.45, 7) is 1.87. The molecule has 4 heteroatoms. The van der Waals surface area contributed by atoms with Crippen LogP contribution in [0.3, 0.4) is 0 Å². The van der Waals surface area contributed by atoms with Crippen molar-refractivity contribution in [2.75, 3.05) is 0 Å². The third-order valence-corrected chi connectivity index (χ3v) is 2.53. The average Bonchev–Trinajstić information content (AvgIpc) is 2.57. The molecule has 0 aliphatic carbocycles. The van der Waals surface area contributed by atoms with E-state index in [9.17, 15) is 4.79 Å². The highest BCUT2D eigenvalue weighted by Crippen LogP contribution is 2.13. The smallest absolute Gasteiger partial charge is 0.140 e. The Morgan fingerprint density at radius 3 is 3.00 bits per heavy atom. The van der Waals surface area contributed by atoms with E-state index in [2.05, 4.69) is 9.97 Å². The summed E-state index contributed by atoms with van der Waals surface area (Å²) in [6, 6.07) is 1.91. The van der Waals surface area contributed by atoms with Crippen LogP contribution < -0.4 is 0 Å². The molecule has 78 valence electrons. The predicted octanol–water partition coefficient (Wildman–Crippen LogP) is 1.49. The molecule has 0 amide bonds. The number of pyridine rings is 1. The molecule has 0 fully saturated rings. The molecule has 0 aromatic carbocycles. The predicted molar refractivity (Wildman–Crippen MR) is 57.5 cm³/mol. The van der Waals surface area contributed by atoms with E-state index in [1.54, 1.807) is 12.4 Å². The molecule has 0 saturated heterocycles. The monoisotopic (exact) mass is 203 g/mol. The highest BCUT2D eigenvalue weighted by molar-refractivity contribution is 5.82. The summed E-state index contributed by atoms with van der Waals surface area (Å²) in [5.74, 6) is 1.02. The largest absolute Gasteiger partial charge is 0.331 e. The van der Waals surface area contributed by atoms with Gasteiger partial charge in [0.15, 0.2) is 0 Å². The van der Waals surface area contributed by atoms with Crippen LogP contribution in [0.1, 0.15) is 19.2 Å². The van der Waals surface area contributed by atoms with Crippen LogP contribution in [-0.4, -0.2) is 20.3 Å². The maximum Gasteiger partial charge on any atom is 0.140 e. The van der Waals surface area contributed by atoms with Crippen LogP contribution in [0.5, 0.6) is 0 Å². The molecule has 0 N–H and O–H groups in total. The third kappa shape index (κ3) is 1.75. The van der Waals surface area contributed by atoms with Gasteiger partial charge in [-0.1, -0.05) is 6.92 Å². The number of imidazole rings is 1. The Balaban J connectivity index is 2.44. The summed E-state index contributed by atoms with van der Waals surface area (Å²) in [4.78, 5) is 19.7. The van der Waals surface area contributed by atoms with Crippen LogP contribution in [-0.2, 0) is 18.3 Å². The normalized spacial score (nSPS) is 10.8. The van der Waals surface area contributed by atoms with Crippen molar-refractivity contribution in [3.8, 4) is 0 Å². The number of nitrogens with zero attached hydrogens (tertiary/aromatic N) is 3. The van der Waals surface area contributed by atoms with Gasteiger partial charge < -0.3 is 4.57 Å². The fourth-order valence-electron chi connectivity index (χ4n) is 1.56. The molecule has 2 heterocycles. The lowest BCUT2D eigenvalue weighted by molar-refractivity contribution is -0.118. The number of carbonyl (C=O) groups excluding carboxylic acids is 1. The summed E-state index contributed by atoms with van der Waals surface area (Å²) < 4.78 is 1.95. The number of aromatic nitrogens is 3. The molecule has 0 radical (unpaired) electrons. The van der Waals surface area contributed by atoms with Gasteiger partial charge >= 0.3 is 0 Å². The minimum atomic E-state index is 0.210. The van der Waals surface area contributed by atoms with Crippen LogP contribution in [0, 0.1) is 0 Å². The average molecular weight is 203 g/mol. The zero-order chi connectivity index (χ0) is 10.8. The first-order valence-corrected chi connectivity index (χ1v) is 4.99. The zero-order valence-electron chi connectivity index (χ0n) is 8.90. The van der Waals surface area contributed by atoms with Gasteiger partial charge in [-0.15, -0.1) is 0 Å². The van der Waals surface area contributed by atoms with Crippen molar-refractivity contribution in [3.05, 3.63) is 24.3 Å². The first-order chi connectivity index (χ1) is 7.22. The van der Waals surface area contributed by atoms with Crippen molar-refractivity contribution in [1.82, 2.24) is 14.5 Å². The molecule has 0 bridgehead atoms. The summed E-state index contributed by atoms with van der Waals surface area (Å²) in [5.41, 5.74) is 1.86. The van der Waals surface area contributed by atoms with E-state index in [4.69, 9.17) is 0 Å². The number of carbonyl (C=O) groups is 1. The van der Waals surface area contributed by atoms with Crippen molar-refractivity contribution in [1.29, 1.82) is 0 Å². The van der Waals surface area contributed by atoms with Crippen LogP contribution in [0.25, 0.3) is 11.0 Å². The Morgan fingerprint density at radius 2 is 2.33 bits per heavy atom. The molecule has 4 nitrogen and oxygen atoms in total. The molecule has 2 aromatic rings. The first-order valence-electron chi connectivity index (χ1n) is 4.99. The molecule has 0 unspecified atom stereocenters. The fraction of sp³-hybridized carbons (Fsp3) is 0.364. The Hall–Kier alpha value is -1.71. The van der Waals surface area contributed by atoms with Gasteiger partial charge in [0.25, 0.3) is 0 Å². The lowest BCUT2D eigenvalue weighted by Gasteiger charge is -1.99. The number of hydrogen-bond donors (Lipinski definition) is 0. The summed E-state index contributed by atoms with van der Waals surface area (Å²) >= 11 is 0. The number of Topliss-reactive ketones (excluding diaryl/α,β-unsaturated/α-hetero) is 1. The topological polar surface area (TPSA) is 47.8 Å². The molecular weight excluding hydrogens is 190 g/mol. The zero-order valence-corrected chi connectivity index (χ0v) is 8.90. The minimum Gasteiger partial charge on any atom is -0.331 e. The van der Waals surface area contributed by atoms with E-state index >= 15 is 0 Å². The Morgan fingerprint density at radius 1 is 1.53 bits per heavy atom. The van der Waals surface area contributed by atoms with Crippen molar-refractivity contribution >= 4 is 16.8 Å². The first kappa shape index (κ1) is 9.83. The summed E-state index contributed by atoms with van der Waals surface area (Å²) in [6.07, 6.45) is 4.41. The Labute approximate surface area is 88.0 Å². The standard InChI is InChI=1S/C11H13N3O/c1-3-8(15)6-11-13-9-7-12-5-4-10(9)14(11)2/h4-5,7H,3,6H2,1-2H3. The number of fused-ring (bicyclic) bond motifs is 1. The molecular formula is C11H13N3O. The number of aryl methyl sites for hydroxylation is 1. The van der Waals surface area contributed by atoms with Gasteiger partial charge in [-0.25, -0.2) is 4.98 Å². The molecule has 0 saturated carbocycles. The van der Waals surface area contributed by atoms with Crippen molar-refractivity contribution in [3.63, 3.8) is 0 Å². The number of rotatable bonds is 3. The molecule has 15 heavy (non-hydrogen) atoms. The SMILES string of the molecule is CCC(=O)Cc1nc2cnccc2n1C. The quantitative estimate of drug-likeness (QED) is 0.759. The third-order valence-electron chi connectivity index (χ3n) is 2.53. The maximum absolute atomic E-state index is 11.3. The molecule has 2 aromatic heterocycles. The van der Waals surface area contributed by atoms with Crippen molar-refractivity contribution in [2.24, 2.45) is 7.05 Å². The van der Waals surface area contributed by atoms with E-state index < -0.39 is 0 Å². The summed E-state index contributed by atoms with van der Waals surface area (Å²) in [7, 11) is 1.92. The molecule has 0 spiro atoms. The van der Waals surface area contributed by atoms with Crippen LogP contribution in [0.2, 0.25) is 0 Å². The fourth-order valence-corrected chi connectivity index (χ4v) is 1.56. The highest BCUT2D eigenvalue weighted by Gasteiger charge is 2.10. The number of ketones is 1. The van der Waals surface area contributed by atoms with Gasteiger partial charge in [-0.05, 0) is 6.07 Å². The summed E-state index contributed by atoms with van der Waals surface area (Å²) in [5, 5.41) is 0. The van der Waals surface area contributed by atoms with Gasteiger partial charge in [-0.2, -0.15) is 0 Å². The van der Waals surface area contributed by atoms with E-state index in [0.717, 1.165) is 16.9 Å². The second kappa shape index (κ2) is 3.81. The molecule has 2 rings (SSSR count). The second-order valence-electron chi connectivity index (χ2n) is 3.52. The molecule has 0 atom stereocenters. The lowest BCUT2D eigenvalue weighted by atomic mass is 10.2. The highest BCUT2D eigenvalue weighted by atomic mass is 16.1. The maximum atomic E-state index is 11.3. The van der Waals surface area contributed by atoms with E-state index in [0.29, 0.717) is 12.8 Å². The van der Waals surface area contributed by atoms with E-state index in [1.165, 1.54) is 0 Å². The van der Waals surface area contributed by atoms with Crippen molar-refractivity contribution < 1.29 is 4.79 Å². The lowest BCUT2D eigenvalue weighted by Crippen LogP contribution is -2.06. The van der Waals surface area contributed by atoms with Gasteiger partial charge in [-0.3, -0.25) is 9.78 Å². The Bertz CT molecular complexity index is 502.